The summed E-state index contributed by atoms with van der Waals surface area (Å²) >= 11 is 0. The van der Waals surface area contributed by atoms with Gasteiger partial charge in [0.2, 0.25) is 6.73 Å². The van der Waals surface area contributed by atoms with Gasteiger partial charge in [0.1, 0.15) is 18.2 Å². The van der Waals surface area contributed by atoms with Crippen molar-refractivity contribution in [3.05, 3.63) is 78.1 Å². The van der Waals surface area contributed by atoms with Gasteiger partial charge in [-0.2, -0.15) is 0 Å². The molecule has 3 heterocycles. The highest BCUT2D eigenvalue weighted by Crippen LogP contribution is 2.35. The Morgan fingerprint density at radius 1 is 1.13 bits per heavy atom. The Morgan fingerprint density at radius 2 is 1.84 bits per heavy atom. The summed E-state index contributed by atoms with van der Waals surface area (Å²) in [6.45, 7) is 0.298. The Bertz CT molecular complexity index is 1200. The van der Waals surface area contributed by atoms with E-state index in [1.165, 1.54) is 4.57 Å². The number of nitrogens with zero attached hydrogens (tertiary/aromatic N) is 5. The highest BCUT2D eigenvalue weighted by molar-refractivity contribution is 7.46. The second-order valence-corrected chi connectivity index (χ2v) is 8.08. The minimum atomic E-state index is -4.61. The molecule has 0 atom stereocenters. The number of rotatable bonds is 8. The number of nitrogen functional groups attached to an aromatic ring is 1. The molecule has 0 spiro atoms. The van der Waals surface area contributed by atoms with Crippen molar-refractivity contribution < 1.29 is 28.0 Å². The Morgan fingerprint density at radius 3 is 2.55 bits per heavy atom. The van der Waals surface area contributed by atoms with Crippen LogP contribution in [-0.4, -0.2) is 29.7 Å². The van der Waals surface area contributed by atoms with E-state index in [1.54, 1.807) is 37.1 Å². The first-order chi connectivity index (χ1) is 14.9. The van der Waals surface area contributed by atoms with Crippen LogP contribution in [0.4, 0.5) is 5.82 Å². The van der Waals surface area contributed by atoms with Gasteiger partial charge in [0, 0.05) is 19.0 Å². The Hall–Kier alpha value is -3.37. The fourth-order valence-corrected chi connectivity index (χ4v) is 3.31. The topological polar surface area (TPSA) is 153 Å². The van der Waals surface area contributed by atoms with E-state index in [1.807, 2.05) is 28.8 Å². The van der Waals surface area contributed by atoms with Gasteiger partial charge >= 0.3 is 7.82 Å². The minimum Gasteiger partial charge on any atom is -0.356 e. The van der Waals surface area contributed by atoms with E-state index in [2.05, 4.69) is 19.9 Å². The molecule has 0 fully saturated rings. The van der Waals surface area contributed by atoms with Gasteiger partial charge in [-0.05, 0) is 23.3 Å². The molecule has 0 aliphatic rings. The van der Waals surface area contributed by atoms with Gasteiger partial charge in [-0.1, -0.05) is 29.4 Å². The van der Waals surface area contributed by atoms with Crippen molar-refractivity contribution in [2.45, 2.75) is 19.7 Å². The number of anilines is 1. The van der Waals surface area contributed by atoms with Crippen LogP contribution in [0.5, 0.6) is 0 Å². The highest BCUT2D eigenvalue weighted by atomic mass is 31.2. The van der Waals surface area contributed by atoms with Crippen LogP contribution >= 0.6 is 7.82 Å². The molecule has 0 aliphatic carbocycles. The Labute approximate surface area is 177 Å². The first-order valence-electron chi connectivity index (χ1n) is 9.21. The summed E-state index contributed by atoms with van der Waals surface area (Å²) in [5.41, 5.74) is 9.57. The van der Waals surface area contributed by atoms with Gasteiger partial charge in [0.05, 0.1) is 11.9 Å². The highest BCUT2D eigenvalue weighted by Gasteiger charge is 2.20. The van der Waals surface area contributed by atoms with Crippen LogP contribution in [0.2, 0.25) is 0 Å². The summed E-state index contributed by atoms with van der Waals surface area (Å²) in [4.78, 5) is 17.8. The molecule has 4 rings (SSSR count). The maximum absolute atomic E-state index is 10.9. The zero-order valence-corrected chi connectivity index (χ0v) is 17.2. The summed E-state index contributed by atoms with van der Waals surface area (Å²) in [6, 6.07) is 13.3. The fourth-order valence-electron chi connectivity index (χ4n) is 3.03. The summed E-state index contributed by atoms with van der Waals surface area (Å²) in [5, 5.41) is 11.7. The lowest BCUT2D eigenvalue weighted by molar-refractivity contribution is -0.711. The van der Waals surface area contributed by atoms with Crippen molar-refractivity contribution in [3.8, 4) is 11.3 Å². The van der Waals surface area contributed by atoms with Crippen LogP contribution in [0.25, 0.3) is 11.3 Å². The van der Waals surface area contributed by atoms with Crippen LogP contribution in [0.1, 0.15) is 16.8 Å². The Balaban J connectivity index is 1.45. The molecule has 12 heteroatoms. The molecule has 31 heavy (non-hydrogen) atoms. The average molecular weight is 443 g/mol. The van der Waals surface area contributed by atoms with Crippen LogP contribution in [0, 0.1) is 0 Å². The van der Waals surface area contributed by atoms with E-state index in [4.69, 9.17) is 20.0 Å². The molecular formula is C19H20N6O5P+. The quantitative estimate of drug-likeness (QED) is 0.272. The standard InChI is InChI=1S/C19H19N6O5P/c20-19-17(2-1-7-25(19)13-29-31(26,27)28)18-9-16(23-30-18)8-14-3-5-15(6-4-14)10-24-11-21-22-12-24/h1-7,9,11-12,20H,8,10,13H2,(H2,26,27,28)/p+1. The first-order valence-corrected chi connectivity index (χ1v) is 10.7. The smallest absolute Gasteiger partial charge is 0.356 e. The van der Waals surface area contributed by atoms with Crippen molar-refractivity contribution in [1.82, 2.24) is 19.9 Å². The summed E-state index contributed by atoms with van der Waals surface area (Å²) in [6.07, 6.45) is 5.46. The van der Waals surface area contributed by atoms with Gasteiger partial charge in [0.25, 0.3) is 5.82 Å². The van der Waals surface area contributed by atoms with Crippen molar-refractivity contribution >= 4 is 13.6 Å². The van der Waals surface area contributed by atoms with Gasteiger partial charge in [-0.3, -0.25) is 5.73 Å². The van der Waals surface area contributed by atoms with Gasteiger partial charge < -0.3 is 18.9 Å². The lowest BCUT2D eigenvalue weighted by atomic mass is 10.1. The maximum Gasteiger partial charge on any atom is 0.472 e. The van der Waals surface area contributed by atoms with E-state index >= 15 is 0 Å². The van der Waals surface area contributed by atoms with Crippen molar-refractivity contribution in [2.75, 3.05) is 5.73 Å². The van der Waals surface area contributed by atoms with Crippen molar-refractivity contribution in [3.63, 3.8) is 0 Å². The number of hydrogen-bond donors (Lipinski definition) is 3. The SMILES string of the molecule is Nc1c(-c2cc(Cc3ccc(Cn4cnnc4)cc3)no2)ccc[n+]1COP(=O)(O)O. The predicted molar refractivity (Wildman–Crippen MR) is 108 cm³/mol. The molecule has 11 nitrogen and oxygen atoms in total. The molecule has 0 amide bonds. The molecule has 4 aromatic rings. The van der Waals surface area contributed by atoms with Crippen LogP contribution in [-0.2, 0) is 28.8 Å². The van der Waals surface area contributed by atoms with Crippen LogP contribution in [0.3, 0.4) is 0 Å². The largest absolute Gasteiger partial charge is 0.472 e. The summed E-state index contributed by atoms with van der Waals surface area (Å²) in [5.74, 6) is 0.680. The van der Waals surface area contributed by atoms with Gasteiger partial charge in [-0.15, -0.1) is 10.2 Å². The number of hydrogen-bond acceptors (Lipinski definition) is 7. The molecule has 0 unspecified atom stereocenters. The number of nitrogens with two attached hydrogens (primary N) is 1. The maximum atomic E-state index is 10.9. The molecule has 0 radical (unpaired) electrons. The lowest BCUT2D eigenvalue weighted by Crippen LogP contribution is -2.38. The number of pyridine rings is 1. The predicted octanol–water partition coefficient (Wildman–Crippen LogP) is 1.51. The molecule has 0 saturated carbocycles. The van der Waals surface area contributed by atoms with Gasteiger partial charge in [0.15, 0.2) is 5.76 Å². The number of phosphoric ester groups is 1. The second kappa shape index (κ2) is 8.78. The van der Waals surface area contributed by atoms with Gasteiger partial charge in [-0.25, -0.2) is 13.7 Å². The van der Waals surface area contributed by atoms with E-state index in [9.17, 15) is 4.57 Å². The number of benzene rings is 1. The van der Waals surface area contributed by atoms with Crippen LogP contribution < -0.4 is 10.3 Å². The van der Waals surface area contributed by atoms with Crippen LogP contribution in [0.15, 0.2) is 65.8 Å². The minimum absolute atomic E-state index is 0.233. The molecule has 0 bridgehead atoms. The molecule has 0 aliphatic heterocycles. The third-order valence-corrected chi connectivity index (χ3v) is 5.00. The second-order valence-electron chi connectivity index (χ2n) is 6.84. The van der Waals surface area contributed by atoms with E-state index < -0.39 is 14.6 Å². The molecule has 1 aromatic carbocycles. The van der Waals surface area contributed by atoms with E-state index in [0.29, 0.717) is 24.3 Å². The normalized spacial score (nSPS) is 11.7. The zero-order chi connectivity index (χ0) is 21.8. The zero-order valence-electron chi connectivity index (χ0n) is 16.3. The number of phosphoric acid groups is 1. The molecule has 160 valence electrons. The molecule has 3 aromatic heterocycles. The molecule has 0 saturated heterocycles. The summed E-state index contributed by atoms with van der Waals surface area (Å²) in [7, 11) is -4.61. The van der Waals surface area contributed by atoms with E-state index in [-0.39, 0.29) is 5.82 Å². The van der Waals surface area contributed by atoms with Crippen molar-refractivity contribution in [2.24, 2.45) is 0 Å². The third kappa shape index (κ3) is 5.41. The Kier molecular flexibility index (Phi) is 5.92. The lowest BCUT2D eigenvalue weighted by Gasteiger charge is -2.07. The number of aromatic nitrogens is 5. The van der Waals surface area contributed by atoms with Crippen molar-refractivity contribution in [1.29, 1.82) is 0 Å². The molecule has 4 N–H and O–H groups in total. The third-order valence-electron chi connectivity index (χ3n) is 4.54. The monoisotopic (exact) mass is 443 g/mol. The fraction of sp³-hybridized carbons (Fsp3) is 0.158. The first kappa shape index (κ1) is 20.9. The average Bonchev–Trinajstić information content (AvgIpc) is 3.40. The summed E-state index contributed by atoms with van der Waals surface area (Å²) < 4.78 is 24.1. The molecular weight excluding hydrogens is 423 g/mol. The van der Waals surface area contributed by atoms with E-state index in [0.717, 1.165) is 16.8 Å².